The molecule has 1 N–H and O–H groups in total. The lowest BCUT2D eigenvalue weighted by Crippen LogP contribution is -2.37. The first-order valence-electron chi connectivity index (χ1n) is 5.84. The van der Waals surface area contributed by atoms with Gasteiger partial charge in [0.2, 0.25) is 0 Å². The molecule has 0 spiro atoms. The quantitative estimate of drug-likeness (QED) is 0.589. The molecule has 0 amide bonds. The summed E-state index contributed by atoms with van der Waals surface area (Å²) in [6.07, 6.45) is 0.684. The maximum absolute atomic E-state index is 11.8. The first kappa shape index (κ1) is 17.3. The zero-order valence-electron chi connectivity index (χ0n) is 11.1. The summed E-state index contributed by atoms with van der Waals surface area (Å²) in [5.74, 6) is -2.03. The van der Waals surface area contributed by atoms with Gasteiger partial charge >= 0.3 is 5.97 Å². The maximum Gasteiger partial charge on any atom is 0.322 e. The van der Waals surface area contributed by atoms with E-state index in [1.807, 2.05) is 0 Å². The highest BCUT2D eigenvalue weighted by molar-refractivity contribution is 7.92. The molecule has 0 aromatic rings. The molecule has 0 aliphatic carbocycles. The predicted octanol–water partition coefficient (Wildman–Crippen LogP) is 0.564. The normalized spacial score (nSPS) is 13.8. The molecule has 0 aromatic carbocycles. The minimum Gasteiger partial charge on any atom is -0.480 e. The summed E-state index contributed by atoms with van der Waals surface area (Å²) >= 11 is 0. The molecular formula is C11H22O6S. The van der Waals surface area contributed by atoms with Crippen LogP contribution in [0.15, 0.2) is 0 Å². The average molecular weight is 282 g/mol. The molecule has 0 bridgehead atoms. The van der Waals surface area contributed by atoms with Crippen molar-refractivity contribution in [2.24, 2.45) is 5.92 Å². The monoisotopic (exact) mass is 282 g/mol. The van der Waals surface area contributed by atoms with E-state index in [1.54, 1.807) is 21.0 Å². The zero-order chi connectivity index (χ0) is 14.2. The van der Waals surface area contributed by atoms with Gasteiger partial charge < -0.3 is 14.6 Å². The summed E-state index contributed by atoms with van der Waals surface area (Å²) in [7, 11) is -2.10. The van der Waals surface area contributed by atoms with Crippen LogP contribution in [0.4, 0.5) is 0 Å². The van der Waals surface area contributed by atoms with E-state index in [4.69, 9.17) is 14.6 Å². The molecule has 1 unspecified atom stereocenters. The standard InChI is InChI=1S/C11H22O6S/c1-9(2)10(11(12)13)18(14,15)8-7-17-6-4-5-16-3/h9-10H,4-8H2,1-3H3,(H,12,13). The summed E-state index contributed by atoms with van der Waals surface area (Å²) in [5, 5.41) is 7.55. The lowest BCUT2D eigenvalue weighted by Gasteiger charge is -2.16. The second-order valence-electron chi connectivity index (χ2n) is 4.33. The molecule has 6 nitrogen and oxygen atoms in total. The van der Waals surface area contributed by atoms with Crippen LogP contribution in [0, 0.1) is 5.92 Å². The van der Waals surface area contributed by atoms with Gasteiger partial charge in [-0.05, 0) is 12.3 Å². The number of sulfone groups is 1. The molecule has 0 saturated carbocycles. The van der Waals surface area contributed by atoms with E-state index < -0.39 is 27.0 Å². The number of methoxy groups -OCH3 is 1. The SMILES string of the molecule is COCCCOCCS(=O)(=O)C(C(=O)O)C(C)C. The number of carboxylic acid groups (broad SMARTS) is 1. The van der Waals surface area contributed by atoms with Crippen LogP contribution in [0.25, 0.3) is 0 Å². The van der Waals surface area contributed by atoms with Crippen LogP contribution in [0.1, 0.15) is 20.3 Å². The highest BCUT2D eigenvalue weighted by atomic mass is 32.2. The van der Waals surface area contributed by atoms with Gasteiger partial charge in [-0.25, -0.2) is 8.42 Å². The van der Waals surface area contributed by atoms with Crippen molar-refractivity contribution in [3.05, 3.63) is 0 Å². The van der Waals surface area contributed by atoms with Gasteiger partial charge in [-0.2, -0.15) is 0 Å². The maximum atomic E-state index is 11.8. The van der Waals surface area contributed by atoms with Crippen LogP contribution >= 0.6 is 0 Å². The van der Waals surface area contributed by atoms with Crippen LogP contribution in [0.2, 0.25) is 0 Å². The molecule has 1 atom stereocenters. The van der Waals surface area contributed by atoms with Crippen molar-refractivity contribution in [2.75, 3.05) is 32.7 Å². The Labute approximate surface area is 108 Å². The molecule has 0 radical (unpaired) electrons. The van der Waals surface area contributed by atoms with Crippen LogP contribution in [-0.4, -0.2) is 57.4 Å². The fraction of sp³-hybridized carbons (Fsp3) is 0.909. The summed E-state index contributed by atoms with van der Waals surface area (Å²) in [4.78, 5) is 10.9. The van der Waals surface area contributed by atoms with Crippen molar-refractivity contribution in [3.63, 3.8) is 0 Å². The second kappa shape index (κ2) is 8.44. The molecule has 7 heteroatoms. The molecule has 108 valence electrons. The number of hydrogen-bond donors (Lipinski definition) is 1. The predicted molar refractivity (Wildman–Crippen MR) is 67.4 cm³/mol. The highest BCUT2D eigenvalue weighted by Gasteiger charge is 2.34. The molecule has 0 aromatic heterocycles. The van der Waals surface area contributed by atoms with Gasteiger partial charge in [0.1, 0.15) is 0 Å². The van der Waals surface area contributed by atoms with Crippen LogP contribution < -0.4 is 0 Å². The summed E-state index contributed by atoms with van der Waals surface area (Å²) in [6, 6.07) is 0. The van der Waals surface area contributed by atoms with Crippen LogP contribution in [0.5, 0.6) is 0 Å². The number of carboxylic acids is 1. The van der Waals surface area contributed by atoms with E-state index in [2.05, 4.69) is 0 Å². The Kier molecular flexibility index (Phi) is 8.13. The molecule has 0 aliphatic rings. The minimum absolute atomic E-state index is 0.0164. The fourth-order valence-corrected chi connectivity index (χ4v) is 3.30. The Morgan fingerprint density at radius 2 is 1.83 bits per heavy atom. The lowest BCUT2D eigenvalue weighted by atomic mass is 10.1. The molecule has 0 fully saturated rings. The second-order valence-corrected chi connectivity index (χ2v) is 6.57. The molecule has 0 aliphatic heterocycles. The minimum atomic E-state index is -3.67. The molecule has 18 heavy (non-hydrogen) atoms. The van der Waals surface area contributed by atoms with Gasteiger partial charge in [0.05, 0.1) is 12.4 Å². The lowest BCUT2D eigenvalue weighted by molar-refractivity contribution is -0.137. The number of hydrogen-bond acceptors (Lipinski definition) is 5. The van der Waals surface area contributed by atoms with Gasteiger partial charge in [0.25, 0.3) is 0 Å². The highest BCUT2D eigenvalue weighted by Crippen LogP contribution is 2.13. The first-order chi connectivity index (χ1) is 8.33. The molecule has 0 heterocycles. The number of ether oxygens (including phenoxy) is 2. The van der Waals surface area contributed by atoms with Gasteiger partial charge in [0, 0.05) is 20.3 Å². The Morgan fingerprint density at radius 1 is 1.22 bits per heavy atom. The van der Waals surface area contributed by atoms with Crippen molar-refractivity contribution < 1.29 is 27.8 Å². The Morgan fingerprint density at radius 3 is 2.28 bits per heavy atom. The third kappa shape index (κ3) is 6.32. The number of rotatable bonds is 10. The van der Waals surface area contributed by atoms with E-state index in [1.165, 1.54) is 0 Å². The van der Waals surface area contributed by atoms with Crippen LogP contribution in [-0.2, 0) is 24.1 Å². The van der Waals surface area contributed by atoms with E-state index in [-0.39, 0.29) is 12.4 Å². The van der Waals surface area contributed by atoms with Crippen molar-refractivity contribution in [1.82, 2.24) is 0 Å². The van der Waals surface area contributed by atoms with Crippen molar-refractivity contribution in [1.29, 1.82) is 0 Å². The Hall–Kier alpha value is -0.660. The molecule has 0 rings (SSSR count). The Bertz CT molecular complexity index is 335. The topological polar surface area (TPSA) is 89.9 Å². The van der Waals surface area contributed by atoms with Gasteiger partial charge in [-0.1, -0.05) is 13.8 Å². The van der Waals surface area contributed by atoms with E-state index >= 15 is 0 Å². The van der Waals surface area contributed by atoms with Gasteiger partial charge in [-0.15, -0.1) is 0 Å². The molecule has 0 saturated heterocycles. The van der Waals surface area contributed by atoms with Gasteiger partial charge in [-0.3, -0.25) is 4.79 Å². The number of carbonyl (C=O) groups is 1. The van der Waals surface area contributed by atoms with Gasteiger partial charge in [0.15, 0.2) is 15.1 Å². The van der Waals surface area contributed by atoms with Crippen molar-refractivity contribution >= 4 is 15.8 Å². The summed E-state index contributed by atoms with van der Waals surface area (Å²) in [5.41, 5.74) is 0. The van der Waals surface area contributed by atoms with E-state index in [0.29, 0.717) is 19.6 Å². The smallest absolute Gasteiger partial charge is 0.322 e. The summed E-state index contributed by atoms with van der Waals surface area (Å²) in [6.45, 7) is 4.13. The first-order valence-corrected chi connectivity index (χ1v) is 7.55. The third-order valence-corrected chi connectivity index (χ3v) is 4.64. The van der Waals surface area contributed by atoms with Crippen LogP contribution in [0.3, 0.4) is 0 Å². The molecular weight excluding hydrogens is 260 g/mol. The Balaban J connectivity index is 4.17. The van der Waals surface area contributed by atoms with Crippen molar-refractivity contribution in [2.45, 2.75) is 25.5 Å². The van der Waals surface area contributed by atoms with E-state index in [9.17, 15) is 13.2 Å². The number of aliphatic carboxylic acids is 1. The zero-order valence-corrected chi connectivity index (χ0v) is 11.9. The third-order valence-electron chi connectivity index (χ3n) is 2.39. The fourth-order valence-electron chi connectivity index (χ4n) is 1.56. The largest absolute Gasteiger partial charge is 0.480 e. The summed E-state index contributed by atoms with van der Waals surface area (Å²) < 4.78 is 33.6. The van der Waals surface area contributed by atoms with E-state index in [0.717, 1.165) is 0 Å². The average Bonchev–Trinajstić information content (AvgIpc) is 2.21. The van der Waals surface area contributed by atoms with Crippen molar-refractivity contribution in [3.8, 4) is 0 Å².